The molecule has 2 aromatic rings. The molecule has 0 aliphatic rings. The molecule has 0 spiro atoms. The van der Waals surface area contributed by atoms with Crippen LogP contribution in [-0.2, 0) is 22.4 Å². The van der Waals surface area contributed by atoms with Crippen LogP contribution in [0.15, 0.2) is 48.5 Å². The van der Waals surface area contributed by atoms with Crippen molar-refractivity contribution in [3.8, 4) is 0 Å². The third kappa shape index (κ3) is 6.52. The number of nitrogens with one attached hydrogen (secondary N) is 1. The lowest BCUT2D eigenvalue weighted by Gasteiger charge is -2.14. The van der Waals surface area contributed by atoms with Crippen LogP contribution in [0.25, 0.3) is 0 Å². The Balaban J connectivity index is 1.91. The van der Waals surface area contributed by atoms with E-state index in [1.54, 1.807) is 19.0 Å². The zero-order valence-electron chi connectivity index (χ0n) is 17.7. The molecule has 1 unspecified atom stereocenters. The maximum atomic E-state index is 12.6. The fourth-order valence-electron chi connectivity index (χ4n) is 3.05. The minimum absolute atomic E-state index is 0.0212. The van der Waals surface area contributed by atoms with Crippen molar-refractivity contribution in [2.24, 2.45) is 5.92 Å². The number of hydrogen-bond acceptors (Lipinski definition) is 2. The molecule has 1 atom stereocenters. The first kappa shape index (κ1) is 21.7. The molecule has 2 aromatic carbocycles. The van der Waals surface area contributed by atoms with Gasteiger partial charge in [0.1, 0.15) is 0 Å². The number of aryl methyl sites for hydroxylation is 1. The number of anilines is 1. The smallest absolute Gasteiger partial charge is 0.231 e. The normalized spacial score (nSPS) is 11.9. The van der Waals surface area contributed by atoms with Gasteiger partial charge in [-0.05, 0) is 54.5 Å². The van der Waals surface area contributed by atoms with Gasteiger partial charge in [-0.2, -0.15) is 0 Å². The Kier molecular flexibility index (Phi) is 7.80. The van der Waals surface area contributed by atoms with E-state index in [4.69, 9.17) is 0 Å². The predicted octanol–water partition coefficient (Wildman–Crippen LogP) is 4.65. The summed E-state index contributed by atoms with van der Waals surface area (Å²) < 4.78 is 0. The molecular formula is C24H32N2O2. The summed E-state index contributed by atoms with van der Waals surface area (Å²) in [4.78, 5) is 25.9. The van der Waals surface area contributed by atoms with Crippen LogP contribution in [0, 0.1) is 5.92 Å². The van der Waals surface area contributed by atoms with Gasteiger partial charge in [-0.3, -0.25) is 9.59 Å². The van der Waals surface area contributed by atoms with Crippen LogP contribution >= 0.6 is 0 Å². The molecule has 4 heteroatoms. The minimum Gasteiger partial charge on any atom is -0.349 e. The van der Waals surface area contributed by atoms with Crippen LogP contribution in [0.2, 0.25) is 0 Å². The van der Waals surface area contributed by atoms with Gasteiger partial charge in [0.05, 0.1) is 5.92 Å². The Labute approximate surface area is 169 Å². The third-order valence-electron chi connectivity index (χ3n) is 4.86. The number of nitrogens with zero attached hydrogens (tertiary/aromatic N) is 1. The Hall–Kier alpha value is -2.62. The molecule has 28 heavy (non-hydrogen) atoms. The molecule has 0 saturated carbocycles. The number of amides is 2. The summed E-state index contributed by atoms with van der Waals surface area (Å²) in [5.41, 5.74) is 4.18. The quantitative estimate of drug-likeness (QED) is 0.725. The zero-order chi connectivity index (χ0) is 20.7. The summed E-state index contributed by atoms with van der Waals surface area (Å²) in [6.07, 6.45) is 2.24. The van der Waals surface area contributed by atoms with E-state index in [0.29, 0.717) is 18.8 Å². The second-order valence-corrected chi connectivity index (χ2v) is 8.04. The molecule has 0 bridgehead atoms. The van der Waals surface area contributed by atoms with Crippen LogP contribution < -0.4 is 5.32 Å². The third-order valence-corrected chi connectivity index (χ3v) is 4.86. The van der Waals surface area contributed by atoms with Crippen LogP contribution in [0.5, 0.6) is 0 Å². The van der Waals surface area contributed by atoms with Gasteiger partial charge in [0.25, 0.3) is 0 Å². The summed E-state index contributed by atoms with van der Waals surface area (Å²) in [6, 6.07) is 16.0. The van der Waals surface area contributed by atoms with Crippen molar-refractivity contribution in [3.05, 3.63) is 65.2 Å². The van der Waals surface area contributed by atoms with Crippen molar-refractivity contribution in [2.45, 2.75) is 46.0 Å². The molecule has 0 fully saturated rings. The molecule has 2 rings (SSSR count). The maximum Gasteiger partial charge on any atom is 0.231 e. The largest absolute Gasteiger partial charge is 0.349 e. The van der Waals surface area contributed by atoms with Crippen molar-refractivity contribution < 1.29 is 9.59 Å². The van der Waals surface area contributed by atoms with E-state index in [9.17, 15) is 9.59 Å². The van der Waals surface area contributed by atoms with Crippen LogP contribution in [0.4, 0.5) is 5.69 Å². The predicted molar refractivity (Wildman–Crippen MR) is 115 cm³/mol. The first-order valence-corrected chi connectivity index (χ1v) is 9.95. The van der Waals surface area contributed by atoms with Gasteiger partial charge in [-0.15, -0.1) is 0 Å². The molecule has 0 radical (unpaired) electrons. The van der Waals surface area contributed by atoms with Crippen LogP contribution in [0.1, 0.15) is 49.8 Å². The number of carbonyl (C=O) groups is 2. The lowest BCUT2D eigenvalue weighted by Crippen LogP contribution is -2.21. The average molecular weight is 381 g/mol. The Morgan fingerprint density at radius 1 is 0.893 bits per heavy atom. The van der Waals surface area contributed by atoms with Gasteiger partial charge in [0, 0.05) is 26.2 Å². The number of hydrogen-bond donors (Lipinski definition) is 1. The topological polar surface area (TPSA) is 49.4 Å². The Bertz CT molecular complexity index is 777. The van der Waals surface area contributed by atoms with Gasteiger partial charge in [-0.25, -0.2) is 0 Å². The van der Waals surface area contributed by atoms with Gasteiger partial charge in [0.2, 0.25) is 11.8 Å². The van der Waals surface area contributed by atoms with Crippen molar-refractivity contribution in [3.63, 3.8) is 0 Å². The molecule has 4 nitrogen and oxygen atoms in total. The summed E-state index contributed by atoms with van der Waals surface area (Å²) >= 11 is 0. The van der Waals surface area contributed by atoms with Gasteiger partial charge in [0.15, 0.2) is 0 Å². The molecule has 2 amide bonds. The van der Waals surface area contributed by atoms with Crippen molar-refractivity contribution >= 4 is 17.5 Å². The van der Waals surface area contributed by atoms with E-state index in [1.807, 2.05) is 43.3 Å². The monoisotopic (exact) mass is 380 g/mol. The lowest BCUT2D eigenvalue weighted by molar-refractivity contribution is -0.128. The van der Waals surface area contributed by atoms with Gasteiger partial charge >= 0.3 is 0 Å². The second kappa shape index (κ2) is 10.1. The standard InChI is InChI=1S/C24H32N2O2/c1-17(2)16-20-6-11-21(12-7-20)18(3)24(28)25-22-13-8-19(9-14-22)10-15-23(27)26(4)5/h6-9,11-14,17-18H,10,15-16H2,1-5H3,(H,25,28). The fourth-order valence-corrected chi connectivity index (χ4v) is 3.05. The highest BCUT2D eigenvalue weighted by Gasteiger charge is 2.15. The molecule has 0 aliphatic carbocycles. The van der Waals surface area contributed by atoms with E-state index >= 15 is 0 Å². The molecule has 0 aromatic heterocycles. The number of carbonyl (C=O) groups excluding carboxylic acids is 2. The highest BCUT2D eigenvalue weighted by atomic mass is 16.2. The highest BCUT2D eigenvalue weighted by molar-refractivity contribution is 5.95. The fraction of sp³-hybridized carbons (Fsp3) is 0.417. The first-order chi connectivity index (χ1) is 13.3. The maximum absolute atomic E-state index is 12.6. The van der Waals surface area contributed by atoms with Crippen molar-refractivity contribution in [1.29, 1.82) is 0 Å². The number of rotatable bonds is 8. The van der Waals surface area contributed by atoms with Crippen molar-refractivity contribution in [2.75, 3.05) is 19.4 Å². The minimum atomic E-state index is -0.217. The highest BCUT2D eigenvalue weighted by Crippen LogP contribution is 2.20. The van der Waals surface area contributed by atoms with E-state index in [1.165, 1.54) is 5.56 Å². The van der Waals surface area contributed by atoms with E-state index in [-0.39, 0.29) is 17.7 Å². The van der Waals surface area contributed by atoms with E-state index in [0.717, 1.165) is 23.2 Å². The first-order valence-electron chi connectivity index (χ1n) is 9.95. The van der Waals surface area contributed by atoms with Gasteiger partial charge in [-0.1, -0.05) is 50.2 Å². The second-order valence-electron chi connectivity index (χ2n) is 8.04. The number of benzene rings is 2. The summed E-state index contributed by atoms with van der Waals surface area (Å²) in [5, 5.41) is 2.98. The summed E-state index contributed by atoms with van der Waals surface area (Å²) in [5.74, 6) is 0.499. The summed E-state index contributed by atoms with van der Waals surface area (Å²) in [6.45, 7) is 6.33. The van der Waals surface area contributed by atoms with Crippen LogP contribution in [0.3, 0.4) is 0 Å². The molecule has 0 heterocycles. The summed E-state index contributed by atoms with van der Waals surface area (Å²) in [7, 11) is 3.53. The van der Waals surface area contributed by atoms with E-state index in [2.05, 4.69) is 31.3 Å². The molecular weight excluding hydrogens is 348 g/mol. The molecule has 1 N–H and O–H groups in total. The van der Waals surface area contributed by atoms with Crippen molar-refractivity contribution in [1.82, 2.24) is 4.90 Å². The lowest BCUT2D eigenvalue weighted by atomic mass is 9.96. The van der Waals surface area contributed by atoms with E-state index < -0.39 is 0 Å². The van der Waals surface area contributed by atoms with Crippen LogP contribution in [-0.4, -0.2) is 30.8 Å². The average Bonchev–Trinajstić information content (AvgIpc) is 2.66. The SMILES string of the molecule is CC(C)Cc1ccc(C(C)C(=O)Nc2ccc(CCC(=O)N(C)C)cc2)cc1. The molecule has 150 valence electrons. The Morgan fingerprint density at radius 2 is 1.46 bits per heavy atom. The zero-order valence-corrected chi connectivity index (χ0v) is 17.7. The molecule has 0 saturated heterocycles. The molecule has 0 aliphatic heterocycles. The van der Waals surface area contributed by atoms with Gasteiger partial charge < -0.3 is 10.2 Å². The Morgan fingerprint density at radius 3 is 2.00 bits per heavy atom.